The smallest absolute Gasteiger partial charge is 0.244 e. The molecule has 0 unspecified atom stereocenters. The highest BCUT2D eigenvalue weighted by atomic mass is 32.2. The van der Waals surface area contributed by atoms with Gasteiger partial charge >= 0.3 is 0 Å². The van der Waals surface area contributed by atoms with E-state index in [4.69, 9.17) is 4.42 Å². The van der Waals surface area contributed by atoms with Crippen LogP contribution in [0.1, 0.15) is 19.6 Å². The average molecular weight is 322 g/mol. The van der Waals surface area contributed by atoms with Crippen LogP contribution in [-0.4, -0.2) is 37.0 Å². The molecule has 7 nitrogen and oxygen atoms in total. The molecule has 0 aromatic carbocycles. The third-order valence-corrected chi connectivity index (χ3v) is 5.03. The van der Waals surface area contributed by atoms with E-state index in [-0.39, 0.29) is 4.90 Å². The van der Waals surface area contributed by atoms with Crippen LogP contribution in [0.4, 0.5) is 5.82 Å². The average Bonchev–Trinajstić information content (AvgIpc) is 3.02. The number of pyridine rings is 1. The molecule has 0 fully saturated rings. The third kappa shape index (κ3) is 3.71. The van der Waals surface area contributed by atoms with Gasteiger partial charge in [-0.15, -0.1) is 0 Å². The zero-order valence-electron chi connectivity index (χ0n) is 12.4. The minimum atomic E-state index is -3.48. The second-order valence-electron chi connectivity index (χ2n) is 4.35. The van der Waals surface area contributed by atoms with Gasteiger partial charge in [0.25, 0.3) is 0 Å². The molecule has 118 valence electrons. The molecule has 0 atom stereocenters. The molecule has 22 heavy (non-hydrogen) atoms. The van der Waals surface area contributed by atoms with Crippen molar-refractivity contribution in [3.05, 3.63) is 42.5 Å². The number of anilines is 1. The van der Waals surface area contributed by atoms with Gasteiger partial charge in [0.1, 0.15) is 16.5 Å². The molecule has 2 aromatic heterocycles. The van der Waals surface area contributed by atoms with Crippen LogP contribution in [0.25, 0.3) is 0 Å². The highest BCUT2D eigenvalue weighted by molar-refractivity contribution is 7.89. The van der Waals surface area contributed by atoms with Crippen LogP contribution < -0.4 is 5.43 Å². The minimum absolute atomic E-state index is 0.164. The zero-order valence-corrected chi connectivity index (χ0v) is 13.2. The Bertz CT molecular complexity index is 705. The summed E-state index contributed by atoms with van der Waals surface area (Å²) in [6.07, 6.45) is 4.37. The predicted molar refractivity (Wildman–Crippen MR) is 84.3 cm³/mol. The number of hydrazone groups is 1. The van der Waals surface area contributed by atoms with E-state index >= 15 is 0 Å². The van der Waals surface area contributed by atoms with Gasteiger partial charge in [-0.3, -0.25) is 5.43 Å². The van der Waals surface area contributed by atoms with E-state index < -0.39 is 10.0 Å². The fourth-order valence-corrected chi connectivity index (χ4v) is 3.24. The van der Waals surface area contributed by atoms with Crippen molar-refractivity contribution < 1.29 is 12.8 Å². The van der Waals surface area contributed by atoms with Crippen LogP contribution in [0.3, 0.4) is 0 Å². The van der Waals surface area contributed by atoms with E-state index in [9.17, 15) is 8.42 Å². The van der Waals surface area contributed by atoms with Gasteiger partial charge < -0.3 is 4.42 Å². The molecular formula is C14H18N4O3S. The van der Waals surface area contributed by atoms with Gasteiger partial charge in [-0.05, 0) is 24.3 Å². The van der Waals surface area contributed by atoms with Crippen LogP contribution >= 0.6 is 0 Å². The monoisotopic (exact) mass is 322 g/mol. The Kier molecular flexibility index (Phi) is 5.29. The standard InChI is InChI=1S/C14H18N4O3S/c1-3-18(4-2)22(19,20)13-7-8-14(15-11-13)17-16-10-12-6-5-9-21-12/h5-11H,3-4H2,1-2H3,(H,15,17)/b16-10+. The van der Waals surface area contributed by atoms with Crippen molar-refractivity contribution >= 4 is 22.1 Å². The van der Waals surface area contributed by atoms with E-state index in [2.05, 4.69) is 15.5 Å². The number of rotatable bonds is 7. The van der Waals surface area contributed by atoms with E-state index in [1.165, 1.54) is 22.8 Å². The first-order valence-corrected chi connectivity index (χ1v) is 8.30. The molecular weight excluding hydrogens is 304 g/mol. The summed E-state index contributed by atoms with van der Waals surface area (Å²) < 4.78 is 31.1. The van der Waals surface area contributed by atoms with Crippen molar-refractivity contribution in [2.24, 2.45) is 5.10 Å². The molecule has 0 saturated carbocycles. The molecule has 0 aliphatic heterocycles. The molecule has 0 saturated heterocycles. The van der Waals surface area contributed by atoms with Crippen molar-refractivity contribution in [1.82, 2.24) is 9.29 Å². The van der Waals surface area contributed by atoms with Gasteiger partial charge in [-0.1, -0.05) is 13.8 Å². The molecule has 0 bridgehead atoms. The lowest BCUT2D eigenvalue weighted by atomic mass is 10.5. The van der Waals surface area contributed by atoms with E-state index in [1.807, 2.05) is 0 Å². The number of furan rings is 1. The molecule has 2 rings (SSSR count). The Morgan fingerprint density at radius 1 is 1.32 bits per heavy atom. The molecule has 1 N–H and O–H groups in total. The molecule has 0 radical (unpaired) electrons. The minimum Gasteiger partial charge on any atom is -0.463 e. The predicted octanol–water partition coefficient (Wildman–Crippen LogP) is 2.15. The fourth-order valence-electron chi connectivity index (χ4n) is 1.84. The quantitative estimate of drug-likeness (QED) is 0.623. The summed E-state index contributed by atoms with van der Waals surface area (Å²) in [5, 5.41) is 3.95. The van der Waals surface area contributed by atoms with E-state index in [0.29, 0.717) is 24.7 Å². The summed E-state index contributed by atoms with van der Waals surface area (Å²) >= 11 is 0. The summed E-state index contributed by atoms with van der Waals surface area (Å²) in [4.78, 5) is 4.22. The van der Waals surface area contributed by atoms with Crippen molar-refractivity contribution in [2.75, 3.05) is 18.5 Å². The van der Waals surface area contributed by atoms with Crippen LogP contribution in [0.15, 0.2) is 51.1 Å². The summed E-state index contributed by atoms with van der Waals surface area (Å²) in [6.45, 7) is 4.44. The molecule has 0 aliphatic carbocycles. The Morgan fingerprint density at radius 3 is 2.64 bits per heavy atom. The van der Waals surface area contributed by atoms with Gasteiger partial charge in [-0.25, -0.2) is 13.4 Å². The maximum absolute atomic E-state index is 12.3. The zero-order chi connectivity index (χ0) is 16.0. The Labute approximate surface area is 129 Å². The first-order chi connectivity index (χ1) is 10.6. The second-order valence-corrected chi connectivity index (χ2v) is 6.29. The maximum Gasteiger partial charge on any atom is 0.244 e. The Hall–Kier alpha value is -2.19. The van der Waals surface area contributed by atoms with Crippen molar-refractivity contribution in [1.29, 1.82) is 0 Å². The van der Waals surface area contributed by atoms with Gasteiger partial charge in [0.2, 0.25) is 10.0 Å². The summed E-state index contributed by atoms with van der Waals surface area (Å²) in [6, 6.07) is 6.59. The maximum atomic E-state index is 12.3. The van der Waals surface area contributed by atoms with Crippen molar-refractivity contribution in [3.63, 3.8) is 0 Å². The lowest BCUT2D eigenvalue weighted by Crippen LogP contribution is -2.30. The highest BCUT2D eigenvalue weighted by Crippen LogP contribution is 2.15. The van der Waals surface area contributed by atoms with E-state index in [0.717, 1.165) is 0 Å². The summed E-state index contributed by atoms with van der Waals surface area (Å²) in [7, 11) is -3.48. The normalized spacial score (nSPS) is 12.1. The van der Waals surface area contributed by atoms with Gasteiger partial charge in [0.05, 0.1) is 12.5 Å². The second kappa shape index (κ2) is 7.19. The van der Waals surface area contributed by atoms with Crippen molar-refractivity contribution in [2.45, 2.75) is 18.7 Å². The third-order valence-electron chi connectivity index (χ3n) is 2.99. The molecule has 2 aromatic rings. The van der Waals surface area contributed by atoms with E-state index in [1.54, 1.807) is 38.3 Å². The first-order valence-electron chi connectivity index (χ1n) is 6.86. The molecule has 0 amide bonds. The molecule has 8 heteroatoms. The first kappa shape index (κ1) is 16.2. The number of nitrogens with one attached hydrogen (secondary N) is 1. The van der Waals surface area contributed by atoms with Gasteiger partial charge in [-0.2, -0.15) is 9.41 Å². The van der Waals surface area contributed by atoms with Crippen LogP contribution in [0.5, 0.6) is 0 Å². The topological polar surface area (TPSA) is 87.8 Å². The van der Waals surface area contributed by atoms with Gasteiger partial charge in [0.15, 0.2) is 0 Å². The number of sulfonamides is 1. The fraction of sp³-hybridized carbons (Fsp3) is 0.286. The Balaban J connectivity index is 2.07. The SMILES string of the molecule is CCN(CC)S(=O)(=O)c1ccc(N/N=C/c2ccco2)nc1. The number of aromatic nitrogens is 1. The lowest BCUT2D eigenvalue weighted by Gasteiger charge is -2.18. The Morgan fingerprint density at radius 2 is 2.09 bits per heavy atom. The summed E-state index contributed by atoms with van der Waals surface area (Å²) in [5.41, 5.74) is 2.71. The van der Waals surface area contributed by atoms with Crippen LogP contribution in [-0.2, 0) is 10.0 Å². The van der Waals surface area contributed by atoms with Crippen LogP contribution in [0, 0.1) is 0 Å². The molecule has 0 spiro atoms. The lowest BCUT2D eigenvalue weighted by molar-refractivity contribution is 0.445. The number of nitrogens with zero attached hydrogens (tertiary/aromatic N) is 3. The number of hydrogen-bond donors (Lipinski definition) is 1. The largest absolute Gasteiger partial charge is 0.463 e. The van der Waals surface area contributed by atoms with Crippen LogP contribution in [0.2, 0.25) is 0 Å². The number of hydrogen-bond acceptors (Lipinski definition) is 6. The highest BCUT2D eigenvalue weighted by Gasteiger charge is 2.21. The molecule has 0 aliphatic rings. The van der Waals surface area contributed by atoms with Crippen molar-refractivity contribution in [3.8, 4) is 0 Å². The molecule has 2 heterocycles. The summed E-state index contributed by atoms with van der Waals surface area (Å²) in [5.74, 6) is 1.05. The van der Waals surface area contributed by atoms with Gasteiger partial charge in [0, 0.05) is 19.3 Å².